The fraction of sp³-hybridized carbons (Fsp3) is 0.444. The number of carbonyl (C=O) groups is 1. The predicted octanol–water partition coefficient (Wildman–Crippen LogP) is 3.99. The van der Waals surface area contributed by atoms with Crippen molar-refractivity contribution in [3.05, 3.63) is 41.7 Å². The van der Waals surface area contributed by atoms with E-state index in [1.165, 1.54) is 12.8 Å². The molecule has 0 saturated carbocycles. The minimum absolute atomic E-state index is 0. The van der Waals surface area contributed by atoms with Crippen LogP contribution in [0.4, 0.5) is 0 Å². The molecule has 1 aliphatic rings. The van der Waals surface area contributed by atoms with Gasteiger partial charge in [-0.05, 0) is 32.9 Å². The van der Waals surface area contributed by atoms with Crippen LogP contribution < -0.4 is 0 Å². The highest BCUT2D eigenvalue weighted by atomic mass is 35.5. The molecule has 23 heavy (non-hydrogen) atoms. The smallest absolute Gasteiger partial charge is 0.172 e. The van der Waals surface area contributed by atoms with Gasteiger partial charge in [0.15, 0.2) is 5.78 Å². The maximum absolute atomic E-state index is 12.9. The maximum Gasteiger partial charge on any atom is 0.172 e. The number of Topliss-reactive ketones (excluding diaryl/α,β-unsaturated/α-hetero) is 1. The molecule has 2 heterocycles. The van der Waals surface area contributed by atoms with E-state index in [2.05, 4.69) is 10.1 Å². The second-order valence-electron chi connectivity index (χ2n) is 6.10. The Morgan fingerprint density at radius 2 is 1.91 bits per heavy atom. The van der Waals surface area contributed by atoms with Crippen molar-refractivity contribution in [1.29, 1.82) is 0 Å². The first-order valence-corrected chi connectivity index (χ1v) is 7.95. The monoisotopic (exact) mass is 334 g/mol. The molecule has 1 aliphatic heterocycles. The summed E-state index contributed by atoms with van der Waals surface area (Å²) in [6, 6.07) is 9.76. The number of aromatic nitrogens is 1. The number of likely N-dealkylation sites (tertiary alicyclic amines) is 1. The molecule has 3 rings (SSSR count). The van der Waals surface area contributed by atoms with Crippen molar-refractivity contribution in [2.75, 3.05) is 19.6 Å². The Balaban J connectivity index is 0.00000192. The van der Waals surface area contributed by atoms with Gasteiger partial charge in [0, 0.05) is 18.0 Å². The number of rotatable bonds is 5. The quantitative estimate of drug-likeness (QED) is 0.776. The Morgan fingerprint density at radius 1 is 1.26 bits per heavy atom. The lowest BCUT2D eigenvalue weighted by molar-refractivity contribution is 0.0902. The second-order valence-corrected chi connectivity index (χ2v) is 6.10. The number of benzene rings is 1. The first kappa shape index (κ1) is 17.7. The van der Waals surface area contributed by atoms with Crippen LogP contribution in [0.3, 0.4) is 0 Å². The average Bonchev–Trinajstić information content (AvgIpc) is 3.17. The van der Waals surface area contributed by atoms with Crippen molar-refractivity contribution in [3.8, 4) is 11.3 Å². The Labute approximate surface area is 143 Å². The van der Waals surface area contributed by atoms with Gasteiger partial charge in [-0.3, -0.25) is 4.79 Å². The summed E-state index contributed by atoms with van der Waals surface area (Å²) < 4.78 is 5.31. The van der Waals surface area contributed by atoms with E-state index in [1.54, 1.807) is 0 Å². The van der Waals surface area contributed by atoms with E-state index in [0.717, 1.165) is 25.2 Å². The van der Waals surface area contributed by atoms with E-state index in [1.807, 2.05) is 44.2 Å². The lowest BCUT2D eigenvalue weighted by Crippen LogP contribution is -2.29. The summed E-state index contributed by atoms with van der Waals surface area (Å²) in [5.41, 5.74) is 2.23. The molecule has 0 N–H and O–H groups in total. The number of aryl methyl sites for hydroxylation is 1. The molecular formula is C18H23ClN2O2. The highest BCUT2D eigenvalue weighted by Crippen LogP contribution is 2.27. The molecule has 1 aromatic heterocycles. The molecule has 0 bridgehead atoms. The molecule has 0 spiro atoms. The van der Waals surface area contributed by atoms with Gasteiger partial charge in [-0.2, -0.15) is 0 Å². The Morgan fingerprint density at radius 3 is 2.57 bits per heavy atom. The summed E-state index contributed by atoms with van der Waals surface area (Å²) >= 11 is 0. The summed E-state index contributed by atoms with van der Waals surface area (Å²) in [4.78, 5) is 15.3. The van der Waals surface area contributed by atoms with Crippen molar-refractivity contribution < 1.29 is 9.32 Å². The van der Waals surface area contributed by atoms with Crippen LogP contribution in [0.25, 0.3) is 11.3 Å². The largest absolute Gasteiger partial charge is 0.360 e. The highest BCUT2D eigenvalue weighted by molar-refractivity contribution is 6.03. The number of nitrogens with zero attached hydrogens (tertiary/aromatic N) is 2. The molecule has 1 aromatic carbocycles. The maximum atomic E-state index is 12.9. The van der Waals surface area contributed by atoms with Crippen molar-refractivity contribution in [2.24, 2.45) is 5.92 Å². The fourth-order valence-electron chi connectivity index (χ4n) is 3.14. The zero-order valence-corrected chi connectivity index (χ0v) is 14.4. The fourth-order valence-corrected chi connectivity index (χ4v) is 3.14. The van der Waals surface area contributed by atoms with Crippen molar-refractivity contribution in [3.63, 3.8) is 0 Å². The molecule has 5 heteroatoms. The third kappa shape index (κ3) is 3.82. The van der Waals surface area contributed by atoms with E-state index in [-0.39, 0.29) is 24.1 Å². The van der Waals surface area contributed by atoms with Crippen LogP contribution in [0.5, 0.6) is 0 Å². The van der Waals surface area contributed by atoms with Crippen LogP contribution in [-0.2, 0) is 0 Å². The van der Waals surface area contributed by atoms with E-state index in [0.29, 0.717) is 17.0 Å². The summed E-state index contributed by atoms with van der Waals surface area (Å²) in [7, 11) is 0. The van der Waals surface area contributed by atoms with Crippen LogP contribution in [-0.4, -0.2) is 35.5 Å². The van der Waals surface area contributed by atoms with E-state index in [9.17, 15) is 4.79 Å². The third-order valence-electron chi connectivity index (χ3n) is 4.33. The minimum atomic E-state index is -0.0429. The first-order chi connectivity index (χ1) is 10.7. The van der Waals surface area contributed by atoms with Gasteiger partial charge >= 0.3 is 0 Å². The Bertz CT molecular complexity index is 648. The first-order valence-electron chi connectivity index (χ1n) is 7.95. The molecule has 0 aliphatic carbocycles. The highest BCUT2D eigenvalue weighted by Gasteiger charge is 2.27. The van der Waals surface area contributed by atoms with Crippen LogP contribution in [0.15, 0.2) is 34.9 Å². The van der Waals surface area contributed by atoms with Crippen molar-refractivity contribution in [2.45, 2.75) is 26.7 Å². The molecule has 2 aromatic rings. The molecule has 0 amide bonds. The normalized spacial score (nSPS) is 16.1. The SMILES string of the molecule is Cc1onc(-c2ccccc2)c1C(=O)C(C)CN1CCCC1.Cl. The lowest BCUT2D eigenvalue weighted by Gasteiger charge is -2.19. The summed E-state index contributed by atoms with van der Waals surface area (Å²) in [5, 5.41) is 4.11. The van der Waals surface area contributed by atoms with E-state index >= 15 is 0 Å². The van der Waals surface area contributed by atoms with Crippen molar-refractivity contribution >= 4 is 18.2 Å². The molecule has 1 unspecified atom stereocenters. The predicted molar refractivity (Wildman–Crippen MR) is 93.1 cm³/mol. The average molecular weight is 335 g/mol. The molecule has 1 fully saturated rings. The molecule has 1 atom stereocenters. The number of halogens is 1. The van der Waals surface area contributed by atoms with Gasteiger partial charge in [-0.25, -0.2) is 0 Å². The standard InChI is InChI=1S/C18H22N2O2.ClH/c1-13(12-20-10-6-7-11-20)18(21)16-14(2)22-19-17(16)15-8-4-3-5-9-15;/h3-5,8-9,13H,6-7,10-12H2,1-2H3;1H. The molecule has 4 nitrogen and oxygen atoms in total. The van der Waals surface area contributed by atoms with Gasteiger partial charge in [0.25, 0.3) is 0 Å². The number of hydrogen-bond acceptors (Lipinski definition) is 4. The summed E-state index contributed by atoms with van der Waals surface area (Å²) in [6.07, 6.45) is 2.48. The molecular weight excluding hydrogens is 312 g/mol. The van der Waals surface area contributed by atoms with E-state index in [4.69, 9.17) is 4.52 Å². The van der Waals surface area contributed by atoms with Gasteiger partial charge in [-0.15, -0.1) is 12.4 Å². The van der Waals surface area contributed by atoms with Gasteiger partial charge in [0.05, 0.1) is 5.56 Å². The Kier molecular flexibility index (Phi) is 5.97. The number of ketones is 1. The van der Waals surface area contributed by atoms with Gasteiger partial charge in [-0.1, -0.05) is 42.4 Å². The Hall–Kier alpha value is -1.65. The third-order valence-corrected chi connectivity index (χ3v) is 4.33. The van der Waals surface area contributed by atoms with Crippen LogP contribution in [0.1, 0.15) is 35.9 Å². The zero-order valence-electron chi connectivity index (χ0n) is 13.6. The second kappa shape index (κ2) is 7.75. The zero-order chi connectivity index (χ0) is 15.5. The van der Waals surface area contributed by atoms with Gasteiger partial charge in [0.2, 0.25) is 0 Å². The summed E-state index contributed by atoms with van der Waals surface area (Å²) in [5.74, 6) is 0.695. The number of hydrogen-bond donors (Lipinski definition) is 0. The topological polar surface area (TPSA) is 46.3 Å². The van der Waals surface area contributed by atoms with Gasteiger partial charge < -0.3 is 9.42 Å². The molecule has 0 radical (unpaired) electrons. The molecule has 1 saturated heterocycles. The minimum Gasteiger partial charge on any atom is -0.360 e. The number of carbonyl (C=O) groups excluding carboxylic acids is 1. The van der Waals surface area contributed by atoms with Crippen LogP contribution in [0.2, 0.25) is 0 Å². The van der Waals surface area contributed by atoms with Crippen molar-refractivity contribution in [1.82, 2.24) is 10.1 Å². The summed E-state index contributed by atoms with van der Waals surface area (Å²) in [6.45, 7) is 6.84. The lowest BCUT2D eigenvalue weighted by atomic mass is 9.95. The molecule has 124 valence electrons. The van der Waals surface area contributed by atoms with Crippen LogP contribution in [0, 0.1) is 12.8 Å². The van der Waals surface area contributed by atoms with Gasteiger partial charge in [0.1, 0.15) is 11.5 Å². The van der Waals surface area contributed by atoms with Crippen LogP contribution >= 0.6 is 12.4 Å². The van der Waals surface area contributed by atoms with E-state index < -0.39 is 0 Å².